The molecule has 2 aromatic rings. The number of nitrogens with zero attached hydrogens (tertiary/aromatic N) is 2. The highest BCUT2D eigenvalue weighted by Gasteiger charge is 2.16. The highest BCUT2D eigenvalue weighted by atomic mass is 16.5. The number of amides is 1. The fourth-order valence-electron chi connectivity index (χ4n) is 2.16. The standard InChI is InChI=1S/C17H21N3O2/c1-11(2)16-15(10-18-12(3)20-16)17(21)19-9-13-6-5-7-14(8-13)22-4/h5-8,10-11H,9H2,1-4H3,(H,19,21). The van der Waals surface area contributed by atoms with Crippen molar-refractivity contribution in [3.63, 3.8) is 0 Å². The lowest BCUT2D eigenvalue weighted by Gasteiger charge is -2.12. The molecule has 0 aliphatic carbocycles. The minimum atomic E-state index is -0.161. The van der Waals surface area contributed by atoms with Gasteiger partial charge in [-0.3, -0.25) is 4.79 Å². The van der Waals surface area contributed by atoms with Crippen LogP contribution in [-0.2, 0) is 6.54 Å². The first kappa shape index (κ1) is 15.9. The summed E-state index contributed by atoms with van der Waals surface area (Å²) in [5, 5.41) is 2.91. The molecule has 0 spiro atoms. The molecule has 0 fully saturated rings. The van der Waals surface area contributed by atoms with Crippen molar-refractivity contribution in [1.29, 1.82) is 0 Å². The minimum absolute atomic E-state index is 0.161. The molecule has 0 saturated carbocycles. The van der Waals surface area contributed by atoms with Crippen LogP contribution in [0.25, 0.3) is 0 Å². The zero-order valence-electron chi connectivity index (χ0n) is 13.4. The molecule has 0 saturated heterocycles. The maximum absolute atomic E-state index is 12.4. The maximum Gasteiger partial charge on any atom is 0.254 e. The molecular formula is C17H21N3O2. The van der Waals surface area contributed by atoms with Crippen molar-refractivity contribution in [1.82, 2.24) is 15.3 Å². The van der Waals surface area contributed by atoms with Crippen LogP contribution in [0.2, 0.25) is 0 Å². The number of rotatable bonds is 5. The molecule has 1 heterocycles. The first-order valence-corrected chi connectivity index (χ1v) is 7.26. The molecule has 0 unspecified atom stereocenters. The van der Waals surface area contributed by atoms with Crippen LogP contribution in [0.15, 0.2) is 30.5 Å². The van der Waals surface area contributed by atoms with E-state index < -0.39 is 0 Å². The molecule has 2 rings (SSSR count). The third-order valence-corrected chi connectivity index (χ3v) is 3.32. The van der Waals surface area contributed by atoms with Gasteiger partial charge in [-0.05, 0) is 30.5 Å². The molecule has 0 bridgehead atoms. The smallest absolute Gasteiger partial charge is 0.254 e. The van der Waals surface area contributed by atoms with Gasteiger partial charge in [0.1, 0.15) is 11.6 Å². The van der Waals surface area contributed by atoms with E-state index in [4.69, 9.17) is 4.74 Å². The highest BCUT2D eigenvalue weighted by Crippen LogP contribution is 2.17. The van der Waals surface area contributed by atoms with Crippen LogP contribution in [0.1, 0.15) is 47.2 Å². The molecule has 1 aromatic heterocycles. The van der Waals surface area contributed by atoms with Crippen LogP contribution >= 0.6 is 0 Å². The summed E-state index contributed by atoms with van der Waals surface area (Å²) in [6.07, 6.45) is 1.60. The summed E-state index contributed by atoms with van der Waals surface area (Å²) >= 11 is 0. The minimum Gasteiger partial charge on any atom is -0.497 e. The Morgan fingerprint density at radius 2 is 2.14 bits per heavy atom. The monoisotopic (exact) mass is 299 g/mol. The van der Waals surface area contributed by atoms with Crippen LogP contribution in [0.4, 0.5) is 0 Å². The third-order valence-electron chi connectivity index (χ3n) is 3.32. The largest absolute Gasteiger partial charge is 0.497 e. The second-order valence-corrected chi connectivity index (χ2v) is 5.41. The van der Waals surface area contributed by atoms with E-state index >= 15 is 0 Å². The average Bonchev–Trinajstić information content (AvgIpc) is 2.52. The molecule has 5 heteroatoms. The number of aromatic nitrogens is 2. The topological polar surface area (TPSA) is 64.1 Å². The van der Waals surface area contributed by atoms with Gasteiger partial charge in [0.05, 0.1) is 18.4 Å². The molecule has 1 amide bonds. The average molecular weight is 299 g/mol. The normalized spacial score (nSPS) is 10.6. The predicted octanol–water partition coefficient (Wildman–Crippen LogP) is 2.85. The van der Waals surface area contributed by atoms with Crippen molar-refractivity contribution < 1.29 is 9.53 Å². The quantitative estimate of drug-likeness (QED) is 0.922. The van der Waals surface area contributed by atoms with E-state index in [0.717, 1.165) is 17.0 Å². The van der Waals surface area contributed by atoms with Gasteiger partial charge in [0.2, 0.25) is 0 Å². The molecule has 0 aliphatic rings. The van der Waals surface area contributed by atoms with Gasteiger partial charge in [0, 0.05) is 12.7 Å². The summed E-state index contributed by atoms with van der Waals surface area (Å²) in [4.78, 5) is 20.9. The number of benzene rings is 1. The summed E-state index contributed by atoms with van der Waals surface area (Å²) in [5.41, 5.74) is 2.28. The van der Waals surface area contributed by atoms with Crippen molar-refractivity contribution in [2.24, 2.45) is 0 Å². The second kappa shape index (κ2) is 7.02. The Morgan fingerprint density at radius 1 is 1.36 bits per heavy atom. The van der Waals surface area contributed by atoms with E-state index in [0.29, 0.717) is 17.9 Å². The van der Waals surface area contributed by atoms with Crippen molar-refractivity contribution in [3.8, 4) is 5.75 Å². The summed E-state index contributed by atoms with van der Waals surface area (Å²) in [7, 11) is 1.62. The molecule has 0 aliphatic heterocycles. The zero-order chi connectivity index (χ0) is 16.1. The van der Waals surface area contributed by atoms with Gasteiger partial charge >= 0.3 is 0 Å². The Bertz CT molecular complexity index is 669. The first-order chi connectivity index (χ1) is 10.5. The molecular weight excluding hydrogens is 278 g/mol. The number of aryl methyl sites for hydroxylation is 1. The summed E-state index contributed by atoms with van der Waals surface area (Å²) in [6.45, 7) is 6.28. The van der Waals surface area contributed by atoms with Crippen LogP contribution < -0.4 is 10.1 Å². The number of carbonyl (C=O) groups excluding carboxylic acids is 1. The van der Waals surface area contributed by atoms with Gasteiger partial charge in [-0.15, -0.1) is 0 Å². The molecule has 0 radical (unpaired) electrons. The lowest BCUT2D eigenvalue weighted by atomic mass is 10.0. The Labute approximate surface area is 130 Å². The van der Waals surface area contributed by atoms with E-state index in [1.54, 1.807) is 13.3 Å². The van der Waals surface area contributed by atoms with Crippen LogP contribution in [-0.4, -0.2) is 23.0 Å². The number of carbonyl (C=O) groups is 1. The fourth-order valence-corrected chi connectivity index (χ4v) is 2.16. The summed E-state index contributed by atoms with van der Waals surface area (Å²) < 4.78 is 5.18. The van der Waals surface area contributed by atoms with Crippen molar-refractivity contribution in [3.05, 3.63) is 53.1 Å². The SMILES string of the molecule is COc1cccc(CNC(=O)c2cnc(C)nc2C(C)C)c1. The van der Waals surface area contributed by atoms with E-state index in [-0.39, 0.29) is 11.8 Å². The fraction of sp³-hybridized carbons (Fsp3) is 0.353. The molecule has 1 aromatic carbocycles. The van der Waals surface area contributed by atoms with Crippen molar-refractivity contribution in [2.45, 2.75) is 33.2 Å². The Kier molecular flexibility index (Phi) is 5.09. The van der Waals surface area contributed by atoms with Crippen molar-refractivity contribution >= 4 is 5.91 Å². The first-order valence-electron chi connectivity index (χ1n) is 7.26. The number of nitrogens with one attached hydrogen (secondary N) is 1. The van der Waals surface area contributed by atoms with E-state index in [1.807, 2.05) is 45.0 Å². The number of hydrogen-bond acceptors (Lipinski definition) is 4. The molecule has 5 nitrogen and oxygen atoms in total. The predicted molar refractivity (Wildman–Crippen MR) is 85.0 cm³/mol. The van der Waals surface area contributed by atoms with Crippen LogP contribution in [0, 0.1) is 6.92 Å². The van der Waals surface area contributed by atoms with Gasteiger partial charge in [0.25, 0.3) is 5.91 Å². The Balaban J connectivity index is 2.12. The zero-order valence-corrected chi connectivity index (χ0v) is 13.4. The Morgan fingerprint density at radius 3 is 2.82 bits per heavy atom. The second-order valence-electron chi connectivity index (χ2n) is 5.41. The third kappa shape index (κ3) is 3.81. The molecule has 116 valence electrons. The van der Waals surface area contributed by atoms with E-state index in [1.165, 1.54) is 0 Å². The van der Waals surface area contributed by atoms with E-state index in [2.05, 4.69) is 15.3 Å². The van der Waals surface area contributed by atoms with Crippen LogP contribution in [0.5, 0.6) is 5.75 Å². The lowest BCUT2D eigenvalue weighted by Crippen LogP contribution is -2.25. The van der Waals surface area contributed by atoms with Gasteiger partial charge in [-0.1, -0.05) is 26.0 Å². The maximum atomic E-state index is 12.4. The van der Waals surface area contributed by atoms with Crippen molar-refractivity contribution in [2.75, 3.05) is 7.11 Å². The van der Waals surface area contributed by atoms with Gasteiger partial charge in [-0.2, -0.15) is 0 Å². The number of hydrogen-bond donors (Lipinski definition) is 1. The van der Waals surface area contributed by atoms with Gasteiger partial charge in [-0.25, -0.2) is 9.97 Å². The molecule has 0 atom stereocenters. The van der Waals surface area contributed by atoms with Gasteiger partial charge in [0.15, 0.2) is 0 Å². The molecule has 22 heavy (non-hydrogen) atoms. The summed E-state index contributed by atoms with van der Waals surface area (Å²) in [5.74, 6) is 1.45. The van der Waals surface area contributed by atoms with E-state index in [9.17, 15) is 4.79 Å². The number of ether oxygens (including phenoxy) is 1. The Hall–Kier alpha value is -2.43. The van der Waals surface area contributed by atoms with Crippen LogP contribution in [0.3, 0.4) is 0 Å². The lowest BCUT2D eigenvalue weighted by molar-refractivity contribution is 0.0948. The van der Waals surface area contributed by atoms with Gasteiger partial charge < -0.3 is 10.1 Å². The number of methoxy groups -OCH3 is 1. The summed E-state index contributed by atoms with van der Waals surface area (Å²) in [6, 6.07) is 7.61. The highest BCUT2D eigenvalue weighted by molar-refractivity contribution is 5.95. The molecule has 1 N–H and O–H groups in total.